The molecule has 2 atom stereocenters. The minimum absolute atomic E-state index is 0.0328. The molecule has 1 heterocycles. The Morgan fingerprint density at radius 2 is 1.93 bits per heavy atom. The number of nitrogens with one attached hydrogen (secondary N) is 2. The fourth-order valence-corrected chi connectivity index (χ4v) is 3.81. The molecule has 0 radical (unpaired) electrons. The lowest BCUT2D eigenvalue weighted by atomic mass is 10.0. The van der Waals surface area contributed by atoms with E-state index in [1.807, 2.05) is 50.8 Å². The van der Waals surface area contributed by atoms with E-state index in [9.17, 15) is 9.59 Å². The second-order valence-corrected chi connectivity index (χ2v) is 8.61. The number of carbonyl (C=O) groups is 2. The normalized spacial score (nSPS) is 17.7. The molecule has 2 rings (SSSR count). The van der Waals surface area contributed by atoms with E-state index < -0.39 is 0 Å². The number of hydrogen-bond acceptors (Lipinski definition) is 4. The number of hydrogen-bond donors (Lipinski definition) is 2. The number of rotatable bonds is 8. The van der Waals surface area contributed by atoms with Crippen LogP contribution in [0.5, 0.6) is 11.5 Å². The molecule has 1 aliphatic rings. The van der Waals surface area contributed by atoms with E-state index in [1.54, 1.807) is 14.2 Å². The van der Waals surface area contributed by atoms with Gasteiger partial charge in [-0.05, 0) is 58.7 Å². The lowest BCUT2D eigenvalue weighted by Gasteiger charge is -2.28. The summed E-state index contributed by atoms with van der Waals surface area (Å²) in [6.45, 7) is 9.89. The molecule has 0 aromatic heterocycles. The average molecular weight is 407 g/mol. The first-order chi connectivity index (χ1) is 13.7. The molecule has 0 bridgehead atoms. The fourth-order valence-electron chi connectivity index (χ4n) is 3.81. The Labute approximate surface area is 174 Å². The highest BCUT2D eigenvalue weighted by Gasteiger charge is 2.34. The molecule has 1 unspecified atom stereocenters. The van der Waals surface area contributed by atoms with Gasteiger partial charge < -0.3 is 24.6 Å². The van der Waals surface area contributed by atoms with Gasteiger partial charge in [0.2, 0.25) is 0 Å². The van der Waals surface area contributed by atoms with E-state index in [4.69, 9.17) is 9.47 Å². The van der Waals surface area contributed by atoms with Gasteiger partial charge in [0, 0.05) is 17.6 Å². The van der Waals surface area contributed by atoms with Crippen molar-refractivity contribution >= 4 is 11.8 Å². The summed E-state index contributed by atoms with van der Waals surface area (Å²) in [4.78, 5) is 28.3. The van der Waals surface area contributed by atoms with Crippen molar-refractivity contribution in [1.82, 2.24) is 10.2 Å². The SMILES string of the molecule is CC[NH+](CC(=O)NC(C)(C)C)CC(=O)N1CCC[C@@H]1c1cc(OC)ccc1OC. The molecule has 0 spiro atoms. The fraction of sp³-hybridized carbons (Fsp3) is 0.636. The molecule has 162 valence electrons. The molecule has 2 N–H and O–H groups in total. The maximum atomic E-state index is 13.1. The predicted molar refractivity (Wildman–Crippen MR) is 112 cm³/mol. The van der Waals surface area contributed by atoms with E-state index in [-0.39, 0.29) is 23.4 Å². The minimum atomic E-state index is -0.275. The Kier molecular flexibility index (Phi) is 7.90. The van der Waals surface area contributed by atoms with Gasteiger partial charge in [-0.25, -0.2) is 0 Å². The third-order valence-electron chi connectivity index (χ3n) is 5.20. The summed E-state index contributed by atoms with van der Waals surface area (Å²) in [5, 5.41) is 2.97. The zero-order valence-electron chi connectivity index (χ0n) is 18.6. The Hall–Kier alpha value is -2.28. The third-order valence-corrected chi connectivity index (χ3v) is 5.20. The minimum Gasteiger partial charge on any atom is -0.497 e. The number of amides is 2. The predicted octanol–water partition coefficient (Wildman–Crippen LogP) is 1.19. The van der Waals surface area contributed by atoms with Crippen LogP contribution in [0.2, 0.25) is 0 Å². The smallest absolute Gasteiger partial charge is 0.278 e. The summed E-state index contributed by atoms with van der Waals surface area (Å²) in [5.41, 5.74) is 0.698. The van der Waals surface area contributed by atoms with Crippen LogP contribution < -0.4 is 19.7 Å². The molecule has 1 aromatic rings. The van der Waals surface area contributed by atoms with Crippen molar-refractivity contribution < 1.29 is 24.0 Å². The number of likely N-dealkylation sites (N-methyl/N-ethyl adjacent to an activating group) is 1. The van der Waals surface area contributed by atoms with Crippen molar-refractivity contribution in [3.8, 4) is 11.5 Å². The summed E-state index contributed by atoms with van der Waals surface area (Å²) in [7, 11) is 3.28. The van der Waals surface area contributed by atoms with Gasteiger partial charge in [-0.2, -0.15) is 0 Å². The second kappa shape index (κ2) is 9.96. The van der Waals surface area contributed by atoms with Crippen LogP contribution >= 0.6 is 0 Å². The van der Waals surface area contributed by atoms with Gasteiger partial charge in [-0.1, -0.05) is 0 Å². The summed E-state index contributed by atoms with van der Waals surface area (Å²) in [6.07, 6.45) is 1.84. The molecule has 0 saturated carbocycles. The number of quaternary nitrogens is 1. The molecule has 0 aliphatic carbocycles. The largest absolute Gasteiger partial charge is 0.497 e. The molecule has 29 heavy (non-hydrogen) atoms. The third kappa shape index (κ3) is 6.35. The monoisotopic (exact) mass is 406 g/mol. The van der Waals surface area contributed by atoms with Crippen LogP contribution in [-0.2, 0) is 9.59 Å². The first-order valence-corrected chi connectivity index (χ1v) is 10.3. The number of benzene rings is 1. The Balaban J connectivity index is 2.10. The van der Waals surface area contributed by atoms with Crippen molar-refractivity contribution in [1.29, 1.82) is 0 Å². The van der Waals surface area contributed by atoms with Gasteiger partial charge in [0.1, 0.15) is 11.5 Å². The van der Waals surface area contributed by atoms with Gasteiger partial charge in [0.25, 0.3) is 11.8 Å². The molecular formula is C22H36N3O4+. The number of nitrogens with zero attached hydrogens (tertiary/aromatic N) is 1. The highest BCUT2D eigenvalue weighted by Crippen LogP contribution is 2.38. The lowest BCUT2D eigenvalue weighted by Crippen LogP contribution is -3.14. The Morgan fingerprint density at radius 1 is 1.21 bits per heavy atom. The zero-order chi connectivity index (χ0) is 21.6. The van der Waals surface area contributed by atoms with Crippen LogP contribution in [0.1, 0.15) is 52.1 Å². The molecular weight excluding hydrogens is 370 g/mol. The van der Waals surface area contributed by atoms with Crippen LogP contribution in [0.25, 0.3) is 0 Å². The molecule has 7 heteroatoms. The molecule has 1 aromatic carbocycles. The maximum absolute atomic E-state index is 13.1. The highest BCUT2D eigenvalue weighted by molar-refractivity contribution is 5.80. The van der Waals surface area contributed by atoms with Crippen molar-refractivity contribution in [3.05, 3.63) is 23.8 Å². The van der Waals surface area contributed by atoms with Crippen molar-refractivity contribution in [3.63, 3.8) is 0 Å². The van der Waals surface area contributed by atoms with Crippen molar-refractivity contribution in [2.24, 2.45) is 0 Å². The van der Waals surface area contributed by atoms with E-state index in [0.29, 0.717) is 19.6 Å². The number of methoxy groups -OCH3 is 2. The second-order valence-electron chi connectivity index (χ2n) is 8.61. The van der Waals surface area contributed by atoms with Gasteiger partial charge >= 0.3 is 0 Å². The van der Waals surface area contributed by atoms with Crippen LogP contribution in [0.15, 0.2) is 18.2 Å². The maximum Gasteiger partial charge on any atom is 0.278 e. The lowest BCUT2D eigenvalue weighted by molar-refractivity contribution is -0.882. The number of likely N-dealkylation sites (tertiary alicyclic amines) is 1. The van der Waals surface area contributed by atoms with Crippen LogP contribution in [-0.4, -0.2) is 62.7 Å². The quantitative estimate of drug-likeness (QED) is 0.680. The van der Waals surface area contributed by atoms with E-state index in [1.165, 1.54) is 0 Å². The van der Waals surface area contributed by atoms with E-state index >= 15 is 0 Å². The first kappa shape index (κ1) is 23.0. The van der Waals surface area contributed by atoms with Crippen molar-refractivity contribution in [2.75, 3.05) is 40.4 Å². The standard InChI is InChI=1S/C22H35N3O4/c1-7-24(14-20(26)23-22(2,3)4)15-21(27)25-12-8-9-18(25)17-13-16(28-5)10-11-19(17)29-6/h10-11,13,18H,7-9,12,14-15H2,1-6H3,(H,23,26)/p+1/t18-/m1/s1. The highest BCUT2D eigenvalue weighted by atomic mass is 16.5. The first-order valence-electron chi connectivity index (χ1n) is 10.3. The van der Waals surface area contributed by atoms with Gasteiger partial charge in [-0.15, -0.1) is 0 Å². The molecule has 2 amide bonds. The van der Waals surface area contributed by atoms with Crippen LogP contribution in [0.4, 0.5) is 0 Å². The van der Waals surface area contributed by atoms with Crippen LogP contribution in [0.3, 0.4) is 0 Å². The molecule has 7 nitrogen and oxygen atoms in total. The van der Waals surface area contributed by atoms with E-state index in [2.05, 4.69) is 5.32 Å². The van der Waals surface area contributed by atoms with E-state index in [0.717, 1.165) is 41.3 Å². The number of carbonyl (C=O) groups excluding carboxylic acids is 2. The molecule has 1 fully saturated rings. The van der Waals surface area contributed by atoms with Crippen molar-refractivity contribution in [2.45, 2.75) is 52.1 Å². The van der Waals surface area contributed by atoms with Gasteiger partial charge in [-0.3, -0.25) is 9.59 Å². The zero-order valence-corrected chi connectivity index (χ0v) is 18.6. The number of ether oxygens (including phenoxy) is 2. The molecule has 1 saturated heterocycles. The van der Waals surface area contributed by atoms with Gasteiger partial charge in [0.05, 0.1) is 26.8 Å². The molecule has 1 aliphatic heterocycles. The topological polar surface area (TPSA) is 72.3 Å². The summed E-state index contributed by atoms with van der Waals surface area (Å²) >= 11 is 0. The Morgan fingerprint density at radius 3 is 2.52 bits per heavy atom. The van der Waals surface area contributed by atoms with Crippen LogP contribution in [0, 0.1) is 0 Å². The summed E-state index contributed by atoms with van der Waals surface area (Å²) < 4.78 is 10.9. The Bertz CT molecular complexity index is 714. The van der Waals surface area contributed by atoms with Gasteiger partial charge in [0.15, 0.2) is 13.1 Å². The summed E-state index contributed by atoms with van der Waals surface area (Å²) in [5.74, 6) is 1.55. The summed E-state index contributed by atoms with van der Waals surface area (Å²) in [6, 6.07) is 5.67. The average Bonchev–Trinajstić information content (AvgIpc) is 3.15.